The quantitative estimate of drug-likeness (QED) is 0.530. The molecule has 2 atom stereocenters. The molecular weight excluding hydrogens is 521 g/mol. The number of hydrogen-bond donors (Lipinski definition) is 1. The first-order valence-corrected chi connectivity index (χ1v) is 13.1. The van der Waals surface area contributed by atoms with Crippen molar-refractivity contribution in [1.82, 2.24) is 15.1 Å². The number of nitrogens with zero attached hydrogens (tertiary/aromatic N) is 2. The fourth-order valence-corrected chi connectivity index (χ4v) is 4.86. The third kappa shape index (κ3) is 7.35. The van der Waals surface area contributed by atoms with Crippen molar-refractivity contribution in [3.63, 3.8) is 0 Å². The number of amides is 3. The van der Waals surface area contributed by atoms with E-state index in [1.54, 1.807) is 37.8 Å². The number of carbonyl (C=O) groups excluding carboxylic acids is 3. The summed E-state index contributed by atoms with van der Waals surface area (Å²) in [5, 5.41) is 3.65. The van der Waals surface area contributed by atoms with Gasteiger partial charge in [0, 0.05) is 25.2 Å². The van der Waals surface area contributed by atoms with Crippen LogP contribution in [0, 0.1) is 5.92 Å². The molecule has 0 radical (unpaired) electrons. The first kappa shape index (κ1) is 29.2. The van der Waals surface area contributed by atoms with E-state index in [2.05, 4.69) is 5.32 Å². The standard InChI is InChI=1S/C26H37Cl2N3O6/c1-25(2,3)36-23(33)30-13-16(14-30)29-22(32)15-8-10-18(31(12-15)24(34)37-26(4,5)6)20-19(35-7)11-9-17(27)21(20)28/h9,11,15-16,18H,8,10,12-14H2,1-7H3,(H,29,32). The monoisotopic (exact) mass is 557 g/mol. The van der Waals surface area contributed by atoms with Crippen molar-refractivity contribution in [3.8, 4) is 5.75 Å². The van der Waals surface area contributed by atoms with Crippen LogP contribution < -0.4 is 10.1 Å². The van der Waals surface area contributed by atoms with Gasteiger partial charge in [-0.1, -0.05) is 23.2 Å². The van der Waals surface area contributed by atoms with Crippen molar-refractivity contribution in [2.24, 2.45) is 5.92 Å². The Morgan fingerprint density at radius 1 is 0.919 bits per heavy atom. The molecule has 206 valence electrons. The Morgan fingerprint density at radius 3 is 2.08 bits per heavy atom. The van der Waals surface area contributed by atoms with E-state index in [1.807, 2.05) is 20.8 Å². The topological polar surface area (TPSA) is 97.4 Å². The number of benzene rings is 1. The molecule has 0 saturated carbocycles. The zero-order valence-electron chi connectivity index (χ0n) is 22.5. The van der Waals surface area contributed by atoms with Crippen molar-refractivity contribution in [1.29, 1.82) is 0 Å². The van der Waals surface area contributed by atoms with E-state index in [9.17, 15) is 14.4 Å². The summed E-state index contributed by atoms with van der Waals surface area (Å²) in [7, 11) is 1.53. The smallest absolute Gasteiger partial charge is 0.410 e. The number of carbonyl (C=O) groups is 3. The van der Waals surface area contributed by atoms with Gasteiger partial charge in [-0.15, -0.1) is 0 Å². The summed E-state index contributed by atoms with van der Waals surface area (Å²) in [6.45, 7) is 11.7. The number of likely N-dealkylation sites (tertiary alicyclic amines) is 2. The molecule has 2 aliphatic heterocycles. The van der Waals surface area contributed by atoms with Crippen LogP contribution in [0.15, 0.2) is 12.1 Å². The molecule has 0 aromatic heterocycles. The van der Waals surface area contributed by atoms with Crippen LogP contribution in [0.2, 0.25) is 10.0 Å². The lowest BCUT2D eigenvalue weighted by Crippen LogP contribution is -2.62. The molecule has 2 saturated heterocycles. The van der Waals surface area contributed by atoms with Crippen molar-refractivity contribution in [2.75, 3.05) is 26.7 Å². The number of piperidine rings is 1. The summed E-state index contributed by atoms with van der Waals surface area (Å²) in [6, 6.07) is 2.70. The maximum absolute atomic E-state index is 13.3. The summed E-state index contributed by atoms with van der Waals surface area (Å²) < 4.78 is 16.6. The van der Waals surface area contributed by atoms with E-state index in [0.717, 1.165) is 0 Å². The van der Waals surface area contributed by atoms with Crippen LogP contribution in [0.1, 0.15) is 66.0 Å². The molecule has 3 rings (SSSR count). The van der Waals surface area contributed by atoms with Crippen LogP contribution in [0.25, 0.3) is 0 Å². The molecule has 0 spiro atoms. The van der Waals surface area contributed by atoms with E-state index in [0.29, 0.717) is 47.3 Å². The van der Waals surface area contributed by atoms with E-state index in [4.69, 9.17) is 37.4 Å². The second kappa shape index (κ2) is 11.2. The predicted molar refractivity (Wildman–Crippen MR) is 141 cm³/mol. The van der Waals surface area contributed by atoms with Gasteiger partial charge in [-0.05, 0) is 66.5 Å². The van der Waals surface area contributed by atoms with Gasteiger partial charge in [0.1, 0.15) is 17.0 Å². The van der Waals surface area contributed by atoms with Crippen molar-refractivity contribution in [2.45, 2.75) is 77.7 Å². The van der Waals surface area contributed by atoms with E-state index in [-0.39, 0.29) is 18.5 Å². The predicted octanol–water partition coefficient (Wildman–Crippen LogP) is 5.43. The lowest BCUT2D eigenvalue weighted by atomic mass is 9.88. The maximum Gasteiger partial charge on any atom is 0.410 e. The van der Waals surface area contributed by atoms with Crippen LogP contribution in [0.4, 0.5) is 9.59 Å². The lowest BCUT2D eigenvalue weighted by molar-refractivity contribution is -0.129. The van der Waals surface area contributed by atoms with Crippen molar-refractivity contribution >= 4 is 41.3 Å². The van der Waals surface area contributed by atoms with Gasteiger partial charge in [0.05, 0.1) is 35.2 Å². The molecule has 9 nitrogen and oxygen atoms in total. The second-order valence-corrected chi connectivity index (χ2v) is 12.3. The largest absolute Gasteiger partial charge is 0.496 e. The van der Waals surface area contributed by atoms with Crippen LogP contribution >= 0.6 is 23.2 Å². The molecule has 2 aliphatic rings. The highest BCUT2D eigenvalue weighted by Crippen LogP contribution is 2.44. The SMILES string of the molecule is COc1ccc(Cl)c(Cl)c1C1CCC(C(=O)NC2CN(C(=O)OC(C)(C)C)C2)CN1C(=O)OC(C)(C)C. The highest BCUT2D eigenvalue weighted by atomic mass is 35.5. The average Bonchev–Trinajstić information content (AvgIpc) is 2.74. The first-order chi connectivity index (χ1) is 17.1. The molecule has 2 unspecified atom stereocenters. The molecule has 2 heterocycles. The Kier molecular flexibility index (Phi) is 8.79. The highest BCUT2D eigenvalue weighted by Gasteiger charge is 2.41. The lowest BCUT2D eigenvalue weighted by Gasteiger charge is -2.43. The van der Waals surface area contributed by atoms with E-state index < -0.39 is 35.3 Å². The third-order valence-corrected chi connectivity index (χ3v) is 6.92. The number of hydrogen-bond acceptors (Lipinski definition) is 6. The average molecular weight is 559 g/mol. The number of halogens is 2. The molecule has 2 fully saturated rings. The van der Waals surface area contributed by atoms with Gasteiger partial charge in [0.2, 0.25) is 5.91 Å². The summed E-state index contributed by atoms with van der Waals surface area (Å²) in [5.74, 6) is -0.124. The van der Waals surface area contributed by atoms with Crippen LogP contribution in [0.5, 0.6) is 5.75 Å². The normalized spacial score (nSPS) is 20.7. The number of nitrogens with one attached hydrogen (secondary N) is 1. The van der Waals surface area contributed by atoms with Gasteiger partial charge >= 0.3 is 12.2 Å². The second-order valence-electron chi connectivity index (χ2n) is 11.5. The number of methoxy groups -OCH3 is 1. The van der Waals surface area contributed by atoms with E-state index in [1.165, 1.54) is 12.0 Å². The minimum Gasteiger partial charge on any atom is -0.496 e. The maximum atomic E-state index is 13.3. The molecule has 11 heteroatoms. The molecule has 0 aliphatic carbocycles. The summed E-state index contributed by atoms with van der Waals surface area (Å²) in [5.41, 5.74) is -0.715. The van der Waals surface area contributed by atoms with Crippen LogP contribution in [-0.4, -0.2) is 71.9 Å². The first-order valence-electron chi connectivity index (χ1n) is 12.4. The Bertz CT molecular complexity index is 1030. The molecule has 1 aromatic rings. The van der Waals surface area contributed by atoms with Gasteiger partial charge in [-0.3, -0.25) is 4.79 Å². The summed E-state index contributed by atoms with van der Waals surface area (Å²) in [6.07, 6.45) is 0.0297. The van der Waals surface area contributed by atoms with Crippen LogP contribution in [0.3, 0.4) is 0 Å². The summed E-state index contributed by atoms with van der Waals surface area (Å²) >= 11 is 12.9. The molecule has 0 bridgehead atoms. The minimum absolute atomic E-state index is 0.139. The molecule has 1 aromatic carbocycles. The Morgan fingerprint density at radius 2 is 1.51 bits per heavy atom. The van der Waals surface area contributed by atoms with Gasteiger partial charge < -0.3 is 29.3 Å². The third-order valence-electron chi connectivity index (χ3n) is 6.11. The van der Waals surface area contributed by atoms with Crippen LogP contribution in [-0.2, 0) is 14.3 Å². The van der Waals surface area contributed by atoms with Gasteiger partial charge in [0.25, 0.3) is 0 Å². The fourth-order valence-electron chi connectivity index (χ4n) is 4.41. The van der Waals surface area contributed by atoms with Crippen molar-refractivity contribution in [3.05, 3.63) is 27.7 Å². The molecular formula is C26H37Cl2N3O6. The van der Waals surface area contributed by atoms with Gasteiger partial charge in [0.15, 0.2) is 0 Å². The number of rotatable bonds is 4. The molecule has 37 heavy (non-hydrogen) atoms. The molecule has 1 N–H and O–H groups in total. The number of ether oxygens (including phenoxy) is 3. The fraction of sp³-hybridized carbons (Fsp3) is 0.654. The Labute approximate surface area is 228 Å². The Hall–Kier alpha value is -2.39. The molecule has 3 amide bonds. The van der Waals surface area contributed by atoms with Gasteiger partial charge in [-0.2, -0.15) is 0 Å². The zero-order valence-corrected chi connectivity index (χ0v) is 24.0. The zero-order chi connectivity index (χ0) is 27.7. The highest BCUT2D eigenvalue weighted by molar-refractivity contribution is 6.42. The Balaban J connectivity index is 1.73. The minimum atomic E-state index is -0.726. The van der Waals surface area contributed by atoms with E-state index >= 15 is 0 Å². The van der Waals surface area contributed by atoms with Gasteiger partial charge in [-0.25, -0.2) is 9.59 Å². The summed E-state index contributed by atoms with van der Waals surface area (Å²) in [4.78, 5) is 41.7. The van der Waals surface area contributed by atoms with Crippen molar-refractivity contribution < 1.29 is 28.6 Å².